The predicted octanol–water partition coefficient (Wildman–Crippen LogP) is 4.85. The number of benzene rings is 2. The van der Waals surface area contributed by atoms with E-state index in [2.05, 4.69) is 51.8 Å². The number of fused-ring (bicyclic) bond motifs is 1. The molecule has 142 valence electrons. The van der Waals surface area contributed by atoms with Crippen LogP contribution in [0, 0.1) is 0 Å². The Hall–Kier alpha value is -1.92. The van der Waals surface area contributed by atoms with E-state index in [1.807, 2.05) is 12.1 Å². The number of carboxylic acid groups (broad SMARTS) is 1. The van der Waals surface area contributed by atoms with Crippen molar-refractivity contribution < 1.29 is 9.90 Å². The smallest absolute Gasteiger partial charge is 0.335 e. The van der Waals surface area contributed by atoms with Gasteiger partial charge in [-0.15, -0.1) is 0 Å². The van der Waals surface area contributed by atoms with Crippen molar-refractivity contribution in [1.82, 2.24) is 0 Å². The first-order valence-corrected chi connectivity index (χ1v) is 16.2. The molecule has 0 spiro atoms. The molecule has 0 atom stereocenters. The van der Waals surface area contributed by atoms with Crippen LogP contribution in [0.25, 0.3) is 5.57 Å². The zero-order valence-corrected chi connectivity index (χ0v) is 19.1. The third-order valence-corrected chi connectivity index (χ3v) is 13.8. The Kier molecular flexibility index (Phi) is 5.08. The number of hydrogen-bond acceptors (Lipinski definition) is 1. The van der Waals surface area contributed by atoms with E-state index in [1.54, 1.807) is 22.5 Å². The van der Waals surface area contributed by atoms with Gasteiger partial charge in [-0.2, -0.15) is 0 Å². The summed E-state index contributed by atoms with van der Waals surface area (Å²) < 4.78 is 0. The molecule has 1 aliphatic rings. The number of carbonyl (C=O) groups is 1. The molecular weight excluding hydrogens is 364 g/mol. The second-order valence-electron chi connectivity index (χ2n) is 9.04. The first-order valence-electron chi connectivity index (χ1n) is 9.78. The number of hydrogen-bond donors (Lipinski definition) is 1. The molecule has 2 aromatic rings. The average Bonchev–Trinajstić information content (AvgIpc) is 2.64. The van der Waals surface area contributed by atoms with E-state index >= 15 is 0 Å². The highest BCUT2D eigenvalue weighted by Gasteiger charge is 2.40. The Labute approximate surface area is 165 Å². The average molecular weight is 395 g/mol. The Morgan fingerprint density at radius 3 is 1.93 bits per heavy atom. The van der Waals surface area contributed by atoms with Crippen molar-refractivity contribution in [3.8, 4) is 0 Å². The second kappa shape index (κ2) is 6.91. The molecule has 27 heavy (non-hydrogen) atoms. The van der Waals surface area contributed by atoms with Crippen molar-refractivity contribution >= 4 is 38.1 Å². The summed E-state index contributed by atoms with van der Waals surface area (Å²) in [6.07, 6.45) is 0.987. The maximum atomic E-state index is 11.1. The molecular formula is C23H30O2Si2. The maximum Gasteiger partial charge on any atom is 0.335 e. The minimum Gasteiger partial charge on any atom is -0.478 e. The molecule has 2 nitrogen and oxygen atoms in total. The van der Waals surface area contributed by atoms with Gasteiger partial charge >= 0.3 is 5.97 Å². The van der Waals surface area contributed by atoms with E-state index < -0.39 is 22.1 Å². The van der Waals surface area contributed by atoms with E-state index in [0.717, 1.165) is 17.6 Å². The fraction of sp³-hybridized carbons (Fsp3) is 0.348. The molecule has 0 amide bonds. The van der Waals surface area contributed by atoms with Crippen molar-refractivity contribution in [3.05, 3.63) is 65.2 Å². The van der Waals surface area contributed by atoms with Crippen LogP contribution in [0.15, 0.2) is 43.0 Å². The summed E-state index contributed by atoms with van der Waals surface area (Å²) in [5.41, 5.74) is 4.93. The minimum absolute atomic E-state index is 0.314. The molecule has 0 saturated carbocycles. The number of aryl methyl sites for hydroxylation is 1. The zero-order valence-electron chi connectivity index (χ0n) is 17.1. The highest BCUT2D eigenvalue weighted by Crippen LogP contribution is 2.30. The van der Waals surface area contributed by atoms with Crippen LogP contribution < -0.4 is 10.4 Å². The summed E-state index contributed by atoms with van der Waals surface area (Å²) in [7, 11) is -2.79. The van der Waals surface area contributed by atoms with Crippen molar-refractivity contribution in [2.45, 2.75) is 51.6 Å². The van der Waals surface area contributed by atoms with Crippen LogP contribution in [0.2, 0.25) is 38.3 Å². The molecule has 2 aromatic carbocycles. The normalized spacial score (nSPS) is 17.2. The van der Waals surface area contributed by atoms with E-state index in [1.165, 1.54) is 23.2 Å². The molecule has 0 unspecified atom stereocenters. The van der Waals surface area contributed by atoms with Gasteiger partial charge in [-0.3, -0.25) is 0 Å². The second-order valence-corrected chi connectivity index (χ2v) is 18.7. The molecule has 4 heteroatoms. The SMILES string of the molecule is C=C(c1ccc(C(=O)O)cc1)c1cc2c(cc1CC)[Si](C)(C)CC[Si]2(C)C. The van der Waals surface area contributed by atoms with Gasteiger partial charge in [-0.1, -0.05) is 86.4 Å². The lowest BCUT2D eigenvalue weighted by Crippen LogP contribution is -2.63. The molecule has 0 fully saturated rings. The third-order valence-electron chi connectivity index (χ3n) is 6.26. The van der Waals surface area contributed by atoms with Crippen LogP contribution in [0.5, 0.6) is 0 Å². The van der Waals surface area contributed by atoms with Crippen LogP contribution in [0.4, 0.5) is 0 Å². The Bertz CT molecular complexity index is 909. The van der Waals surface area contributed by atoms with Crippen molar-refractivity contribution in [2.75, 3.05) is 0 Å². The molecule has 0 aliphatic carbocycles. The van der Waals surface area contributed by atoms with Gasteiger partial charge < -0.3 is 5.11 Å². The molecule has 3 rings (SSSR count). The Morgan fingerprint density at radius 2 is 1.44 bits per heavy atom. The van der Waals surface area contributed by atoms with Gasteiger partial charge in [0.25, 0.3) is 0 Å². The molecule has 1 aliphatic heterocycles. The fourth-order valence-corrected chi connectivity index (χ4v) is 14.5. The molecule has 0 radical (unpaired) electrons. The third kappa shape index (κ3) is 3.60. The first-order chi connectivity index (χ1) is 12.6. The highest BCUT2D eigenvalue weighted by molar-refractivity contribution is 7.03. The molecule has 0 aromatic heterocycles. The standard InChI is InChI=1S/C23H30O2Si2/c1-7-17-14-21-22(27(5,6)13-12-26(21,3)4)15-20(17)16(2)18-8-10-19(11-9-18)23(24)25/h8-11,14-15H,2,7,12-13H2,1,3-6H3,(H,24,25). The van der Waals surface area contributed by atoms with Gasteiger partial charge in [0.2, 0.25) is 0 Å². The van der Waals surface area contributed by atoms with E-state index in [9.17, 15) is 4.79 Å². The lowest BCUT2D eigenvalue weighted by Gasteiger charge is -2.40. The fourth-order valence-electron chi connectivity index (χ4n) is 4.20. The zero-order chi connectivity index (χ0) is 20.0. The largest absolute Gasteiger partial charge is 0.478 e. The minimum atomic E-state index is -1.42. The summed E-state index contributed by atoms with van der Waals surface area (Å²) in [5.74, 6) is -0.893. The molecule has 0 bridgehead atoms. The van der Waals surface area contributed by atoms with Gasteiger partial charge in [0.15, 0.2) is 0 Å². The highest BCUT2D eigenvalue weighted by atomic mass is 28.3. The van der Waals surface area contributed by atoms with Crippen molar-refractivity contribution in [1.29, 1.82) is 0 Å². The van der Waals surface area contributed by atoms with Crippen LogP contribution in [0.1, 0.15) is 34.0 Å². The summed E-state index contributed by atoms with van der Waals surface area (Å²) in [5, 5.41) is 12.4. The Morgan fingerprint density at radius 1 is 0.963 bits per heavy atom. The van der Waals surface area contributed by atoms with Gasteiger partial charge in [0.05, 0.1) is 21.7 Å². The van der Waals surface area contributed by atoms with E-state index in [-0.39, 0.29) is 0 Å². The molecule has 1 heterocycles. The Balaban J connectivity index is 2.13. The summed E-state index contributed by atoms with van der Waals surface area (Å²) in [6.45, 7) is 16.6. The topological polar surface area (TPSA) is 37.3 Å². The lowest BCUT2D eigenvalue weighted by atomic mass is 9.93. The van der Waals surface area contributed by atoms with Crippen LogP contribution in [-0.4, -0.2) is 27.2 Å². The number of carboxylic acids is 1. The summed E-state index contributed by atoms with van der Waals surface area (Å²) >= 11 is 0. The van der Waals surface area contributed by atoms with Gasteiger partial charge in [-0.25, -0.2) is 4.79 Å². The maximum absolute atomic E-state index is 11.1. The predicted molar refractivity (Wildman–Crippen MR) is 121 cm³/mol. The molecule has 1 N–H and O–H groups in total. The van der Waals surface area contributed by atoms with Crippen LogP contribution in [-0.2, 0) is 6.42 Å². The van der Waals surface area contributed by atoms with Gasteiger partial charge in [-0.05, 0) is 40.8 Å². The summed E-state index contributed by atoms with van der Waals surface area (Å²) in [6, 6.07) is 14.8. The van der Waals surface area contributed by atoms with Gasteiger partial charge in [0, 0.05) is 0 Å². The molecule has 0 saturated heterocycles. The number of rotatable bonds is 4. The summed E-state index contributed by atoms with van der Waals surface area (Å²) in [4.78, 5) is 11.1. The first kappa shape index (κ1) is 19.8. The van der Waals surface area contributed by atoms with Crippen molar-refractivity contribution in [2.24, 2.45) is 0 Å². The van der Waals surface area contributed by atoms with E-state index in [0.29, 0.717) is 5.56 Å². The van der Waals surface area contributed by atoms with E-state index in [4.69, 9.17) is 5.11 Å². The lowest BCUT2D eigenvalue weighted by molar-refractivity contribution is 0.0697. The number of aromatic carboxylic acids is 1. The quantitative estimate of drug-likeness (QED) is 0.753. The van der Waals surface area contributed by atoms with Crippen LogP contribution in [0.3, 0.4) is 0 Å². The van der Waals surface area contributed by atoms with Gasteiger partial charge in [0.1, 0.15) is 0 Å². The van der Waals surface area contributed by atoms with Crippen molar-refractivity contribution in [3.63, 3.8) is 0 Å². The monoisotopic (exact) mass is 394 g/mol. The van der Waals surface area contributed by atoms with Crippen LogP contribution >= 0.6 is 0 Å².